The molecule has 2 fully saturated rings. The summed E-state index contributed by atoms with van der Waals surface area (Å²) >= 11 is 0. The Morgan fingerprint density at radius 2 is 1.95 bits per heavy atom. The summed E-state index contributed by atoms with van der Waals surface area (Å²) in [5, 5.41) is 3.48. The normalized spacial score (nSPS) is 28.5. The zero-order valence-electron chi connectivity index (χ0n) is 12.2. The highest BCUT2D eigenvalue weighted by molar-refractivity contribution is 7.90. The van der Waals surface area contributed by atoms with Gasteiger partial charge >= 0.3 is 0 Å². The molecule has 21 heavy (non-hydrogen) atoms. The van der Waals surface area contributed by atoms with Gasteiger partial charge < -0.3 is 5.32 Å². The van der Waals surface area contributed by atoms with Crippen LogP contribution < -0.4 is 5.32 Å². The van der Waals surface area contributed by atoms with Gasteiger partial charge in [0.1, 0.15) is 0 Å². The van der Waals surface area contributed by atoms with Crippen molar-refractivity contribution < 1.29 is 13.2 Å². The van der Waals surface area contributed by atoms with Crippen LogP contribution in [0.3, 0.4) is 0 Å². The maximum Gasteiger partial charge on any atom is 0.175 e. The first-order chi connectivity index (χ1) is 9.95. The summed E-state index contributed by atoms with van der Waals surface area (Å²) in [5.41, 5.74) is 0.602. The van der Waals surface area contributed by atoms with Crippen LogP contribution in [-0.4, -0.2) is 33.0 Å². The van der Waals surface area contributed by atoms with Gasteiger partial charge in [-0.2, -0.15) is 0 Å². The van der Waals surface area contributed by atoms with Crippen molar-refractivity contribution in [3.63, 3.8) is 0 Å². The summed E-state index contributed by atoms with van der Waals surface area (Å²) in [4.78, 5) is 12.6. The molecular formula is C16H21NO3S. The van der Waals surface area contributed by atoms with Crippen molar-refractivity contribution in [3.05, 3.63) is 29.8 Å². The molecule has 2 aliphatic rings. The minimum absolute atomic E-state index is 0.0973. The average Bonchev–Trinajstić information content (AvgIpc) is 3.03. The predicted octanol–water partition coefficient (Wildman–Crippen LogP) is 2.05. The average molecular weight is 307 g/mol. The number of carbonyl (C=O) groups is 1. The van der Waals surface area contributed by atoms with Crippen LogP contribution in [0.2, 0.25) is 0 Å². The van der Waals surface area contributed by atoms with E-state index in [0.29, 0.717) is 23.9 Å². The molecule has 5 heteroatoms. The van der Waals surface area contributed by atoms with Gasteiger partial charge in [0.05, 0.1) is 4.90 Å². The molecule has 114 valence electrons. The van der Waals surface area contributed by atoms with Gasteiger partial charge in [-0.15, -0.1) is 0 Å². The maximum absolute atomic E-state index is 12.4. The van der Waals surface area contributed by atoms with Gasteiger partial charge in [0.15, 0.2) is 15.6 Å². The van der Waals surface area contributed by atoms with Gasteiger partial charge in [-0.05, 0) is 43.4 Å². The molecule has 0 spiro atoms. The van der Waals surface area contributed by atoms with Crippen LogP contribution in [0.1, 0.15) is 36.0 Å². The van der Waals surface area contributed by atoms with E-state index in [1.165, 1.54) is 37.7 Å². The zero-order chi connectivity index (χ0) is 15.0. The second kappa shape index (κ2) is 5.54. The molecule has 3 atom stereocenters. The summed E-state index contributed by atoms with van der Waals surface area (Å²) in [6.45, 7) is 1.04. The van der Waals surface area contributed by atoms with Crippen LogP contribution >= 0.6 is 0 Å². The first kappa shape index (κ1) is 14.7. The number of benzene rings is 1. The maximum atomic E-state index is 12.4. The highest BCUT2D eigenvalue weighted by Gasteiger charge is 2.39. The molecule has 1 heterocycles. The number of fused-ring (bicyclic) bond motifs is 1. The van der Waals surface area contributed by atoms with Gasteiger partial charge in [-0.1, -0.05) is 18.6 Å². The second-order valence-electron chi connectivity index (χ2n) is 6.29. The first-order valence-corrected chi connectivity index (χ1v) is 9.41. The van der Waals surface area contributed by atoms with Crippen LogP contribution in [0, 0.1) is 11.8 Å². The predicted molar refractivity (Wildman–Crippen MR) is 81.1 cm³/mol. The molecular weight excluding hydrogens is 286 g/mol. The van der Waals surface area contributed by atoms with E-state index in [-0.39, 0.29) is 10.7 Å². The fraction of sp³-hybridized carbons (Fsp3) is 0.562. The number of Topliss-reactive ketones (excluding diaryl/α,β-unsaturated/α-hetero) is 1. The molecule has 0 radical (unpaired) electrons. The second-order valence-corrected chi connectivity index (χ2v) is 8.31. The van der Waals surface area contributed by atoms with Crippen LogP contribution in [0.5, 0.6) is 0 Å². The number of rotatable bonds is 4. The Kier molecular flexibility index (Phi) is 3.88. The topological polar surface area (TPSA) is 63.2 Å². The molecule has 1 aromatic rings. The monoisotopic (exact) mass is 307 g/mol. The van der Waals surface area contributed by atoms with Crippen molar-refractivity contribution in [2.75, 3.05) is 12.8 Å². The van der Waals surface area contributed by atoms with E-state index in [1.807, 2.05) is 0 Å². The number of hydrogen-bond acceptors (Lipinski definition) is 4. The lowest BCUT2D eigenvalue weighted by Crippen LogP contribution is -2.29. The third kappa shape index (κ3) is 3.04. The standard InChI is InChI=1S/C16H21NO3S/c1-21(19,20)13-7-5-11(6-8-13)16(18)9-15-14-4-2-3-12(14)10-17-15/h5-8,12,14-15,17H,2-4,9-10H2,1H3. The summed E-state index contributed by atoms with van der Waals surface area (Å²) in [6, 6.07) is 6.57. The largest absolute Gasteiger partial charge is 0.313 e. The van der Waals surface area contributed by atoms with E-state index in [9.17, 15) is 13.2 Å². The van der Waals surface area contributed by atoms with Gasteiger partial charge in [0.25, 0.3) is 0 Å². The third-order valence-corrected chi connectivity index (χ3v) is 6.02. The highest BCUT2D eigenvalue weighted by atomic mass is 32.2. The number of ketones is 1. The minimum Gasteiger partial charge on any atom is -0.313 e. The molecule has 3 rings (SSSR count). The molecule has 1 saturated heterocycles. The van der Waals surface area contributed by atoms with E-state index in [2.05, 4.69) is 5.32 Å². The molecule has 1 aromatic carbocycles. The zero-order valence-corrected chi connectivity index (χ0v) is 13.0. The number of hydrogen-bond donors (Lipinski definition) is 1. The van der Waals surface area contributed by atoms with Crippen LogP contribution in [0.15, 0.2) is 29.2 Å². The Morgan fingerprint density at radius 1 is 1.24 bits per heavy atom. The van der Waals surface area contributed by atoms with Crippen LogP contribution in [0.4, 0.5) is 0 Å². The lowest BCUT2D eigenvalue weighted by Gasteiger charge is -2.17. The SMILES string of the molecule is CS(=O)(=O)c1ccc(C(=O)CC2NCC3CCCC32)cc1. The Bertz CT molecular complexity index is 636. The van der Waals surface area contributed by atoms with E-state index in [4.69, 9.17) is 0 Å². The quantitative estimate of drug-likeness (QED) is 0.865. The number of carbonyl (C=O) groups excluding carboxylic acids is 1. The Labute approximate surface area is 125 Å². The summed E-state index contributed by atoms with van der Waals surface area (Å²) in [5.74, 6) is 1.49. The van der Waals surface area contributed by atoms with Crippen molar-refractivity contribution in [1.82, 2.24) is 5.32 Å². The lowest BCUT2D eigenvalue weighted by molar-refractivity contribution is 0.0963. The Hall–Kier alpha value is -1.20. The Morgan fingerprint density at radius 3 is 2.62 bits per heavy atom. The van der Waals surface area contributed by atoms with E-state index >= 15 is 0 Å². The number of sulfone groups is 1. The molecule has 4 nitrogen and oxygen atoms in total. The summed E-state index contributed by atoms with van der Waals surface area (Å²) < 4.78 is 22.8. The van der Waals surface area contributed by atoms with Gasteiger partial charge in [-0.25, -0.2) is 8.42 Å². The molecule has 1 N–H and O–H groups in total. The molecule has 1 aliphatic heterocycles. The van der Waals surface area contributed by atoms with Gasteiger partial charge in [0.2, 0.25) is 0 Å². The minimum atomic E-state index is -3.20. The summed E-state index contributed by atoms with van der Waals surface area (Å²) in [6.07, 6.45) is 5.48. The molecule has 0 amide bonds. The molecule has 1 saturated carbocycles. The smallest absolute Gasteiger partial charge is 0.175 e. The van der Waals surface area contributed by atoms with E-state index in [1.54, 1.807) is 12.1 Å². The van der Waals surface area contributed by atoms with Crippen molar-refractivity contribution in [2.24, 2.45) is 11.8 Å². The molecule has 0 aromatic heterocycles. The van der Waals surface area contributed by atoms with E-state index < -0.39 is 9.84 Å². The van der Waals surface area contributed by atoms with E-state index in [0.717, 1.165) is 12.5 Å². The third-order valence-electron chi connectivity index (χ3n) is 4.89. The van der Waals surface area contributed by atoms with Crippen LogP contribution in [0.25, 0.3) is 0 Å². The van der Waals surface area contributed by atoms with Crippen molar-refractivity contribution in [3.8, 4) is 0 Å². The Balaban J connectivity index is 1.68. The molecule has 0 bridgehead atoms. The lowest BCUT2D eigenvalue weighted by atomic mass is 9.90. The van der Waals surface area contributed by atoms with Crippen molar-refractivity contribution in [2.45, 2.75) is 36.6 Å². The summed E-state index contributed by atoms with van der Waals surface area (Å²) in [7, 11) is -3.20. The molecule has 3 unspecified atom stereocenters. The van der Waals surface area contributed by atoms with Gasteiger partial charge in [-0.3, -0.25) is 4.79 Å². The first-order valence-electron chi connectivity index (χ1n) is 7.52. The van der Waals surface area contributed by atoms with Crippen molar-refractivity contribution in [1.29, 1.82) is 0 Å². The van der Waals surface area contributed by atoms with Crippen LogP contribution in [-0.2, 0) is 9.84 Å². The number of nitrogens with one attached hydrogen (secondary N) is 1. The fourth-order valence-corrected chi connectivity index (χ4v) is 4.36. The van der Waals surface area contributed by atoms with Gasteiger partial charge in [0, 0.05) is 24.3 Å². The highest BCUT2D eigenvalue weighted by Crippen LogP contribution is 2.38. The fourth-order valence-electron chi connectivity index (χ4n) is 3.73. The molecule has 1 aliphatic carbocycles. The van der Waals surface area contributed by atoms with Crippen molar-refractivity contribution >= 4 is 15.6 Å².